The summed E-state index contributed by atoms with van der Waals surface area (Å²) in [7, 11) is 1.04. The maximum Gasteiger partial charge on any atom is 0.344 e. The highest BCUT2D eigenvalue weighted by atomic mass is 16.6. The Labute approximate surface area is 168 Å². The van der Waals surface area contributed by atoms with Gasteiger partial charge in [-0.1, -0.05) is 6.92 Å². The molecule has 3 unspecified atom stereocenters. The van der Waals surface area contributed by atoms with E-state index in [-0.39, 0.29) is 12.5 Å². The van der Waals surface area contributed by atoms with Crippen molar-refractivity contribution in [1.29, 1.82) is 0 Å². The molecule has 0 bridgehead atoms. The Bertz CT molecular complexity index is 690. The first-order valence-corrected chi connectivity index (χ1v) is 9.83. The van der Waals surface area contributed by atoms with E-state index in [0.29, 0.717) is 6.42 Å². The monoisotopic (exact) mass is 410 g/mol. The molecule has 0 heterocycles. The normalized spacial score (nSPS) is 24.8. The van der Waals surface area contributed by atoms with Crippen LogP contribution < -0.4 is 0 Å². The maximum absolute atomic E-state index is 12.7. The molecule has 0 aromatic carbocycles. The highest BCUT2D eigenvalue weighted by Crippen LogP contribution is 2.32. The average Bonchev–Trinajstić information content (AvgIpc) is 3.18. The van der Waals surface area contributed by atoms with Crippen molar-refractivity contribution in [2.75, 3.05) is 13.7 Å². The molecule has 2 rings (SSSR count). The van der Waals surface area contributed by atoms with Gasteiger partial charge in [-0.15, -0.1) is 0 Å². The summed E-state index contributed by atoms with van der Waals surface area (Å²) in [5, 5.41) is 0. The van der Waals surface area contributed by atoms with Gasteiger partial charge in [-0.2, -0.15) is 0 Å². The lowest BCUT2D eigenvalue weighted by Crippen LogP contribution is -2.50. The van der Waals surface area contributed by atoms with Gasteiger partial charge >= 0.3 is 17.9 Å². The van der Waals surface area contributed by atoms with E-state index in [2.05, 4.69) is 4.74 Å². The van der Waals surface area contributed by atoms with E-state index in [4.69, 9.17) is 9.47 Å². The molecule has 160 valence electrons. The fourth-order valence-corrected chi connectivity index (χ4v) is 3.81. The fourth-order valence-electron chi connectivity index (χ4n) is 3.81. The topological polar surface area (TPSA) is 130 Å². The van der Waals surface area contributed by atoms with Crippen molar-refractivity contribution < 1.29 is 43.0 Å². The highest BCUT2D eigenvalue weighted by Gasteiger charge is 2.53. The minimum Gasteiger partial charge on any atom is -0.468 e. The molecule has 2 saturated carbocycles. The van der Waals surface area contributed by atoms with Gasteiger partial charge in [0.25, 0.3) is 0 Å². The Kier molecular flexibility index (Phi) is 8.04. The third-order valence-electron chi connectivity index (χ3n) is 5.25. The lowest BCUT2D eigenvalue weighted by atomic mass is 9.70. The molecule has 2 aliphatic rings. The van der Waals surface area contributed by atoms with Crippen LogP contribution in [0.2, 0.25) is 0 Å². The molecule has 0 aromatic rings. The SMILES string of the molecule is CCCC(=O)C1C(=O)CC(C(=O)OCC(=O)OC2CCCC2)C(C(=O)OC)C1=O. The molecule has 3 atom stereocenters. The van der Waals surface area contributed by atoms with Crippen LogP contribution in [-0.2, 0) is 43.0 Å². The molecule has 0 aliphatic heterocycles. The zero-order valence-corrected chi connectivity index (χ0v) is 16.6. The number of hydrogen-bond acceptors (Lipinski definition) is 9. The zero-order valence-electron chi connectivity index (χ0n) is 16.6. The highest BCUT2D eigenvalue weighted by molar-refractivity contribution is 6.26. The summed E-state index contributed by atoms with van der Waals surface area (Å²) in [6.07, 6.45) is 3.16. The van der Waals surface area contributed by atoms with Gasteiger partial charge < -0.3 is 14.2 Å². The lowest BCUT2D eigenvalue weighted by molar-refractivity contribution is -0.171. The number of methoxy groups -OCH3 is 1. The van der Waals surface area contributed by atoms with Crippen molar-refractivity contribution in [2.45, 2.75) is 58.0 Å². The van der Waals surface area contributed by atoms with Crippen LogP contribution in [0.5, 0.6) is 0 Å². The Morgan fingerprint density at radius 2 is 1.69 bits per heavy atom. The number of carbonyl (C=O) groups is 6. The molecule has 0 aromatic heterocycles. The Hall–Kier alpha value is -2.58. The summed E-state index contributed by atoms with van der Waals surface area (Å²) in [5.41, 5.74) is 0. The third-order valence-corrected chi connectivity index (χ3v) is 5.25. The second-order valence-electron chi connectivity index (χ2n) is 7.33. The Morgan fingerprint density at radius 3 is 2.28 bits per heavy atom. The zero-order chi connectivity index (χ0) is 21.6. The van der Waals surface area contributed by atoms with Gasteiger partial charge in [0, 0.05) is 12.8 Å². The minimum absolute atomic E-state index is 0.0121. The molecule has 0 N–H and O–H groups in total. The second-order valence-corrected chi connectivity index (χ2v) is 7.33. The standard InChI is InChI=1S/C20H26O9/c1-3-6-13(21)17-14(22)9-12(16(18(17)24)20(26)27-2)19(25)28-10-15(23)29-11-7-4-5-8-11/h11-12,16-17H,3-10H2,1-2H3. The van der Waals surface area contributed by atoms with Crippen LogP contribution in [0.25, 0.3) is 0 Å². The van der Waals surface area contributed by atoms with Crippen LogP contribution >= 0.6 is 0 Å². The first-order chi connectivity index (χ1) is 13.8. The second kappa shape index (κ2) is 10.3. The molecule has 0 amide bonds. The number of hydrogen-bond donors (Lipinski definition) is 0. The number of rotatable bonds is 8. The van der Waals surface area contributed by atoms with Crippen LogP contribution in [0, 0.1) is 17.8 Å². The van der Waals surface area contributed by atoms with Gasteiger partial charge in [0.2, 0.25) is 0 Å². The first-order valence-electron chi connectivity index (χ1n) is 9.83. The van der Waals surface area contributed by atoms with Gasteiger partial charge in [0.15, 0.2) is 24.0 Å². The van der Waals surface area contributed by atoms with E-state index >= 15 is 0 Å². The summed E-state index contributed by atoms with van der Waals surface area (Å²) >= 11 is 0. The van der Waals surface area contributed by atoms with E-state index in [1.165, 1.54) is 0 Å². The van der Waals surface area contributed by atoms with E-state index in [9.17, 15) is 28.8 Å². The minimum atomic E-state index is -1.62. The van der Waals surface area contributed by atoms with Crippen LogP contribution in [-0.4, -0.2) is 55.1 Å². The molecule has 2 aliphatic carbocycles. The third kappa shape index (κ3) is 5.48. The number of carbonyl (C=O) groups excluding carboxylic acids is 6. The van der Waals surface area contributed by atoms with E-state index in [1.807, 2.05) is 0 Å². The molecule has 29 heavy (non-hydrogen) atoms. The van der Waals surface area contributed by atoms with Crippen molar-refractivity contribution >= 4 is 35.3 Å². The summed E-state index contributed by atoms with van der Waals surface area (Å²) in [5.74, 6) is -9.71. The van der Waals surface area contributed by atoms with Crippen molar-refractivity contribution in [2.24, 2.45) is 17.8 Å². The van der Waals surface area contributed by atoms with Crippen molar-refractivity contribution in [3.8, 4) is 0 Å². The molecule has 0 saturated heterocycles. The molecule has 9 heteroatoms. The lowest BCUT2D eigenvalue weighted by Gasteiger charge is -2.30. The van der Waals surface area contributed by atoms with Crippen molar-refractivity contribution in [3.05, 3.63) is 0 Å². The van der Waals surface area contributed by atoms with Crippen LogP contribution in [0.15, 0.2) is 0 Å². The largest absolute Gasteiger partial charge is 0.468 e. The summed E-state index contributed by atoms with van der Waals surface area (Å²) in [6.45, 7) is 1.04. The quantitative estimate of drug-likeness (QED) is 0.326. The number of ketones is 3. The van der Waals surface area contributed by atoms with Gasteiger partial charge in [-0.3, -0.25) is 24.0 Å². The van der Waals surface area contributed by atoms with Crippen LogP contribution in [0.4, 0.5) is 0 Å². The molecule has 2 fully saturated rings. The molecule has 0 spiro atoms. The molecular formula is C20H26O9. The number of Topliss-reactive ketones (excluding diaryl/α,β-unsaturated/α-hetero) is 3. The Balaban J connectivity index is 2.06. The summed E-state index contributed by atoms with van der Waals surface area (Å²) in [4.78, 5) is 73.6. The smallest absolute Gasteiger partial charge is 0.344 e. The van der Waals surface area contributed by atoms with Crippen LogP contribution in [0.3, 0.4) is 0 Å². The van der Waals surface area contributed by atoms with E-state index in [0.717, 1.165) is 32.8 Å². The van der Waals surface area contributed by atoms with E-state index in [1.54, 1.807) is 6.92 Å². The summed E-state index contributed by atoms with van der Waals surface area (Å²) in [6, 6.07) is 0. The fraction of sp³-hybridized carbons (Fsp3) is 0.700. The summed E-state index contributed by atoms with van der Waals surface area (Å²) < 4.78 is 14.7. The first kappa shape index (κ1) is 22.7. The predicted molar refractivity (Wildman–Crippen MR) is 96.3 cm³/mol. The maximum atomic E-state index is 12.7. The van der Waals surface area contributed by atoms with Crippen molar-refractivity contribution in [1.82, 2.24) is 0 Å². The van der Waals surface area contributed by atoms with Gasteiger partial charge in [0.1, 0.15) is 17.9 Å². The predicted octanol–water partition coefficient (Wildman–Crippen LogP) is 0.948. The van der Waals surface area contributed by atoms with Crippen molar-refractivity contribution in [3.63, 3.8) is 0 Å². The van der Waals surface area contributed by atoms with Gasteiger partial charge in [-0.05, 0) is 32.1 Å². The van der Waals surface area contributed by atoms with Gasteiger partial charge in [-0.25, -0.2) is 4.79 Å². The molecule has 0 radical (unpaired) electrons. The van der Waals surface area contributed by atoms with E-state index < -0.39 is 66.0 Å². The number of esters is 3. The number of ether oxygens (including phenoxy) is 3. The molecular weight excluding hydrogens is 384 g/mol. The molecule has 9 nitrogen and oxygen atoms in total. The van der Waals surface area contributed by atoms with Crippen LogP contribution in [0.1, 0.15) is 51.9 Å². The van der Waals surface area contributed by atoms with Gasteiger partial charge in [0.05, 0.1) is 13.0 Å². The average molecular weight is 410 g/mol. The Morgan fingerprint density at radius 1 is 1.03 bits per heavy atom.